The monoisotopic (exact) mass is 346 g/mol. The lowest BCUT2D eigenvalue weighted by Crippen LogP contribution is -2.26. The zero-order valence-corrected chi connectivity index (χ0v) is 13.6. The first-order valence-corrected chi connectivity index (χ1v) is 7.55. The molecule has 3 rings (SSSR count). The molecular formula is C16H12Cl2N4O. The third-order valence-corrected chi connectivity index (χ3v) is 3.75. The third kappa shape index (κ3) is 3.21. The summed E-state index contributed by atoms with van der Waals surface area (Å²) < 4.78 is 0. The highest BCUT2D eigenvalue weighted by Gasteiger charge is 2.17. The van der Waals surface area contributed by atoms with Crippen molar-refractivity contribution in [2.45, 2.75) is 0 Å². The van der Waals surface area contributed by atoms with Gasteiger partial charge in [-0.1, -0.05) is 52.3 Å². The summed E-state index contributed by atoms with van der Waals surface area (Å²) in [5.74, 6) is 0. The highest BCUT2D eigenvalue weighted by Crippen LogP contribution is 2.30. The molecule has 0 bridgehead atoms. The van der Waals surface area contributed by atoms with Gasteiger partial charge in [0.25, 0.3) is 0 Å². The molecule has 7 heteroatoms. The number of carbonyl (C=O) groups is 1. The zero-order valence-electron chi connectivity index (χ0n) is 12.1. The van der Waals surface area contributed by atoms with Crippen molar-refractivity contribution in [3.05, 3.63) is 58.6 Å². The molecule has 116 valence electrons. The minimum atomic E-state index is -0.416. The van der Waals surface area contributed by atoms with E-state index in [9.17, 15) is 4.79 Å². The predicted molar refractivity (Wildman–Crippen MR) is 90.8 cm³/mol. The fraction of sp³-hybridized carbons (Fsp3) is 0.0625. The Labute approximate surface area is 142 Å². The van der Waals surface area contributed by atoms with Crippen molar-refractivity contribution in [2.75, 3.05) is 7.05 Å². The Morgan fingerprint density at radius 1 is 0.870 bits per heavy atom. The van der Waals surface area contributed by atoms with Crippen LogP contribution < -0.4 is 5.32 Å². The smallest absolute Gasteiger partial charge is 0.338 e. The van der Waals surface area contributed by atoms with E-state index in [1.54, 1.807) is 24.3 Å². The molecule has 0 saturated carbocycles. The number of amides is 1. The van der Waals surface area contributed by atoms with E-state index in [0.717, 1.165) is 15.9 Å². The van der Waals surface area contributed by atoms with E-state index in [0.29, 0.717) is 21.4 Å². The molecule has 2 aromatic carbocycles. The molecule has 0 fully saturated rings. The maximum atomic E-state index is 11.8. The van der Waals surface area contributed by atoms with Crippen LogP contribution in [0.1, 0.15) is 0 Å². The van der Waals surface area contributed by atoms with Crippen molar-refractivity contribution in [3.63, 3.8) is 0 Å². The van der Waals surface area contributed by atoms with Gasteiger partial charge in [-0.3, -0.25) is 0 Å². The van der Waals surface area contributed by atoms with E-state index < -0.39 is 6.03 Å². The maximum Gasteiger partial charge on any atom is 0.359 e. The lowest BCUT2D eigenvalue weighted by molar-refractivity contribution is 0.238. The molecule has 0 unspecified atom stereocenters. The van der Waals surface area contributed by atoms with Gasteiger partial charge < -0.3 is 5.32 Å². The Morgan fingerprint density at radius 2 is 1.26 bits per heavy atom. The number of aromatic nitrogens is 3. The number of nitrogens with one attached hydrogen (secondary N) is 1. The van der Waals surface area contributed by atoms with E-state index in [4.69, 9.17) is 23.2 Å². The molecule has 0 radical (unpaired) electrons. The molecule has 23 heavy (non-hydrogen) atoms. The van der Waals surface area contributed by atoms with Crippen LogP contribution in [0.15, 0.2) is 48.5 Å². The lowest BCUT2D eigenvalue weighted by Gasteiger charge is -2.01. The van der Waals surface area contributed by atoms with Gasteiger partial charge in [0.2, 0.25) is 0 Å². The van der Waals surface area contributed by atoms with Crippen LogP contribution in [0.25, 0.3) is 22.5 Å². The van der Waals surface area contributed by atoms with Gasteiger partial charge in [-0.25, -0.2) is 4.79 Å². The molecule has 1 aromatic heterocycles. The van der Waals surface area contributed by atoms with Crippen LogP contribution in [0.5, 0.6) is 0 Å². The highest BCUT2D eigenvalue weighted by atomic mass is 35.5. The number of nitrogens with zero attached hydrogens (tertiary/aromatic N) is 3. The normalized spacial score (nSPS) is 10.6. The van der Waals surface area contributed by atoms with E-state index in [1.165, 1.54) is 7.05 Å². The minimum absolute atomic E-state index is 0.416. The summed E-state index contributed by atoms with van der Waals surface area (Å²) in [4.78, 5) is 12.9. The topological polar surface area (TPSA) is 59.8 Å². The van der Waals surface area contributed by atoms with E-state index >= 15 is 0 Å². The molecule has 1 heterocycles. The summed E-state index contributed by atoms with van der Waals surface area (Å²) in [6.45, 7) is 0. The van der Waals surface area contributed by atoms with Crippen molar-refractivity contribution in [3.8, 4) is 22.5 Å². The molecule has 0 spiro atoms. The molecule has 5 nitrogen and oxygen atoms in total. The molecule has 3 aromatic rings. The fourth-order valence-electron chi connectivity index (χ4n) is 2.10. The van der Waals surface area contributed by atoms with Gasteiger partial charge in [0.1, 0.15) is 11.4 Å². The summed E-state index contributed by atoms with van der Waals surface area (Å²) in [6, 6.07) is 14.0. The average molecular weight is 347 g/mol. The Bertz CT molecular complexity index is 779. The molecule has 0 aliphatic heterocycles. The van der Waals surface area contributed by atoms with Gasteiger partial charge in [-0.15, -0.1) is 10.2 Å². The average Bonchev–Trinajstić information content (AvgIpc) is 3.01. The van der Waals surface area contributed by atoms with E-state index in [2.05, 4.69) is 15.5 Å². The van der Waals surface area contributed by atoms with Crippen molar-refractivity contribution in [1.82, 2.24) is 20.3 Å². The largest absolute Gasteiger partial charge is 0.359 e. The van der Waals surface area contributed by atoms with Crippen molar-refractivity contribution in [1.29, 1.82) is 0 Å². The van der Waals surface area contributed by atoms with Crippen LogP contribution in [-0.4, -0.2) is 28.1 Å². The number of hydrogen-bond donors (Lipinski definition) is 1. The quantitative estimate of drug-likeness (QED) is 0.759. The molecule has 0 saturated heterocycles. The Balaban J connectivity index is 2.16. The number of carbonyl (C=O) groups excluding carboxylic acids is 1. The van der Waals surface area contributed by atoms with Gasteiger partial charge in [0, 0.05) is 28.2 Å². The van der Waals surface area contributed by atoms with Crippen LogP contribution in [0.2, 0.25) is 10.0 Å². The van der Waals surface area contributed by atoms with Crippen molar-refractivity contribution in [2.24, 2.45) is 0 Å². The first-order chi connectivity index (χ1) is 11.1. The fourth-order valence-corrected chi connectivity index (χ4v) is 2.35. The number of hydrogen-bond acceptors (Lipinski definition) is 3. The van der Waals surface area contributed by atoms with Crippen LogP contribution in [-0.2, 0) is 0 Å². The van der Waals surface area contributed by atoms with Gasteiger partial charge in [-0.2, -0.15) is 0 Å². The summed E-state index contributed by atoms with van der Waals surface area (Å²) in [5, 5.41) is 12.3. The Kier molecular flexibility index (Phi) is 4.32. The highest BCUT2D eigenvalue weighted by molar-refractivity contribution is 6.31. The predicted octanol–water partition coefficient (Wildman–Crippen LogP) is 4.11. The molecule has 1 N–H and O–H groups in total. The van der Waals surface area contributed by atoms with Crippen molar-refractivity contribution < 1.29 is 4.79 Å². The lowest BCUT2D eigenvalue weighted by atomic mass is 10.1. The Hall–Kier alpha value is -2.37. The number of benzene rings is 2. The van der Waals surface area contributed by atoms with Gasteiger partial charge >= 0.3 is 6.03 Å². The van der Waals surface area contributed by atoms with Gasteiger partial charge in [0.15, 0.2) is 0 Å². The van der Waals surface area contributed by atoms with E-state index in [1.807, 2.05) is 24.3 Å². The summed E-state index contributed by atoms with van der Waals surface area (Å²) in [7, 11) is 1.52. The molecular weight excluding hydrogens is 335 g/mol. The summed E-state index contributed by atoms with van der Waals surface area (Å²) in [6.07, 6.45) is 0. The maximum absolute atomic E-state index is 11.8. The van der Waals surface area contributed by atoms with Crippen molar-refractivity contribution >= 4 is 29.2 Å². The summed E-state index contributed by atoms with van der Waals surface area (Å²) in [5.41, 5.74) is 2.81. The summed E-state index contributed by atoms with van der Waals surface area (Å²) >= 11 is 11.9. The molecule has 1 amide bonds. The minimum Gasteiger partial charge on any atom is -0.338 e. The molecule has 0 aliphatic carbocycles. The first-order valence-electron chi connectivity index (χ1n) is 6.80. The first kappa shape index (κ1) is 15.5. The zero-order chi connectivity index (χ0) is 16.4. The van der Waals surface area contributed by atoms with E-state index in [-0.39, 0.29) is 0 Å². The second-order valence-electron chi connectivity index (χ2n) is 4.76. The van der Waals surface area contributed by atoms with Crippen LogP contribution in [0.3, 0.4) is 0 Å². The van der Waals surface area contributed by atoms with Gasteiger partial charge in [0.05, 0.1) is 0 Å². The Morgan fingerprint density at radius 3 is 1.61 bits per heavy atom. The third-order valence-electron chi connectivity index (χ3n) is 3.24. The molecule has 0 aliphatic rings. The second kappa shape index (κ2) is 6.40. The van der Waals surface area contributed by atoms with Crippen LogP contribution >= 0.6 is 23.2 Å². The number of rotatable bonds is 2. The standard InChI is InChI=1S/C16H12Cl2N4O/c1-19-16(23)22-20-14(10-2-6-12(17)7-3-10)15(21-22)11-4-8-13(18)9-5-11/h2-9H,1H3,(H,19,23). The van der Waals surface area contributed by atoms with Crippen LogP contribution in [0, 0.1) is 0 Å². The van der Waals surface area contributed by atoms with Crippen LogP contribution in [0.4, 0.5) is 4.79 Å². The SMILES string of the molecule is CNC(=O)n1nc(-c2ccc(Cl)cc2)c(-c2ccc(Cl)cc2)n1. The number of halogens is 2. The van der Waals surface area contributed by atoms with Gasteiger partial charge in [-0.05, 0) is 24.3 Å². The molecule has 0 atom stereocenters. The second-order valence-corrected chi connectivity index (χ2v) is 5.63.